The summed E-state index contributed by atoms with van der Waals surface area (Å²) in [6.45, 7) is 9.29. The fourth-order valence-electron chi connectivity index (χ4n) is 1.81. The van der Waals surface area contributed by atoms with Crippen molar-refractivity contribution in [2.75, 3.05) is 6.54 Å². The smallest absolute Gasteiger partial charge is 0.237 e. The predicted octanol–water partition coefficient (Wildman–Crippen LogP) is 2.06. The normalized spacial score (nSPS) is 17.1. The van der Waals surface area contributed by atoms with E-state index >= 15 is 0 Å². The maximum Gasteiger partial charge on any atom is 0.237 e. The molecular formula is C12H26N2O. The summed E-state index contributed by atoms with van der Waals surface area (Å²) in [6, 6.07) is 0. The van der Waals surface area contributed by atoms with Crippen LogP contribution in [0.2, 0.25) is 0 Å². The molecule has 0 aliphatic rings. The highest BCUT2D eigenvalue weighted by Gasteiger charge is 2.34. The van der Waals surface area contributed by atoms with Crippen molar-refractivity contribution >= 4 is 5.91 Å². The molecule has 3 N–H and O–H groups in total. The third-order valence-electron chi connectivity index (χ3n) is 3.18. The average Bonchev–Trinajstić information content (AvgIpc) is 2.23. The quantitative estimate of drug-likeness (QED) is 0.650. The van der Waals surface area contributed by atoms with Crippen molar-refractivity contribution in [1.82, 2.24) is 5.32 Å². The van der Waals surface area contributed by atoms with Gasteiger partial charge in [-0.3, -0.25) is 4.79 Å². The van der Waals surface area contributed by atoms with Crippen molar-refractivity contribution in [2.24, 2.45) is 11.7 Å². The summed E-state index contributed by atoms with van der Waals surface area (Å²) < 4.78 is 0. The van der Waals surface area contributed by atoms with Crippen molar-refractivity contribution in [2.45, 2.75) is 58.9 Å². The van der Waals surface area contributed by atoms with Crippen LogP contribution in [0, 0.1) is 5.92 Å². The zero-order valence-corrected chi connectivity index (χ0v) is 10.6. The van der Waals surface area contributed by atoms with Crippen molar-refractivity contribution in [3.05, 3.63) is 0 Å². The molecule has 0 spiro atoms. The number of hydrogen-bond donors (Lipinski definition) is 2. The molecule has 3 nitrogen and oxygen atoms in total. The van der Waals surface area contributed by atoms with Gasteiger partial charge in [0, 0.05) is 0 Å². The lowest BCUT2D eigenvalue weighted by Crippen LogP contribution is -2.56. The summed E-state index contributed by atoms with van der Waals surface area (Å²) in [5, 5.41) is 3.32. The van der Waals surface area contributed by atoms with Gasteiger partial charge in [-0.2, -0.15) is 0 Å². The van der Waals surface area contributed by atoms with E-state index in [1.807, 2.05) is 6.92 Å². The van der Waals surface area contributed by atoms with E-state index in [1.54, 1.807) is 0 Å². The summed E-state index contributed by atoms with van der Waals surface area (Å²) in [5.41, 5.74) is 5.03. The van der Waals surface area contributed by atoms with Gasteiger partial charge in [-0.1, -0.05) is 34.1 Å². The highest BCUT2D eigenvalue weighted by Crippen LogP contribution is 2.22. The Labute approximate surface area is 93.8 Å². The maximum atomic E-state index is 11.6. The van der Waals surface area contributed by atoms with Crippen LogP contribution < -0.4 is 11.1 Å². The second-order valence-corrected chi connectivity index (χ2v) is 4.44. The maximum absolute atomic E-state index is 11.6. The van der Waals surface area contributed by atoms with Crippen LogP contribution in [0.25, 0.3) is 0 Å². The Bertz CT molecular complexity index is 194. The Hall–Kier alpha value is -0.570. The minimum atomic E-state index is -0.495. The van der Waals surface area contributed by atoms with E-state index in [9.17, 15) is 4.79 Å². The van der Waals surface area contributed by atoms with Crippen LogP contribution in [-0.4, -0.2) is 18.0 Å². The third-order valence-corrected chi connectivity index (χ3v) is 3.18. The molecule has 0 bridgehead atoms. The molecule has 0 fully saturated rings. The molecule has 3 heteroatoms. The number of primary amides is 1. The van der Waals surface area contributed by atoms with Gasteiger partial charge >= 0.3 is 0 Å². The van der Waals surface area contributed by atoms with Crippen LogP contribution in [0.1, 0.15) is 53.4 Å². The number of carbonyl (C=O) groups is 1. The van der Waals surface area contributed by atoms with E-state index in [-0.39, 0.29) is 5.91 Å². The van der Waals surface area contributed by atoms with E-state index in [1.165, 1.54) is 0 Å². The van der Waals surface area contributed by atoms with Gasteiger partial charge in [0.2, 0.25) is 5.91 Å². The van der Waals surface area contributed by atoms with E-state index in [0.29, 0.717) is 5.92 Å². The Morgan fingerprint density at radius 2 is 2.00 bits per heavy atom. The van der Waals surface area contributed by atoms with E-state index in [4.69, 9.17) is 5.73 Å². The molecule has 2 unspecified atom stereocenters. The first-order chi connectivity index (χ1) is 7.02. The monoisotopic (exact) mass is 214 g/mol. The van der Waals surface area contributed by atoms with Crippen LogP contribution in [0.4, 0.5) is 0 Å². The first-order valence-corrected chi connectivity index (χ1v) is 6.07. The summed E-state index contributed by atoms with van der Waals surface area (Å²) in [5.74, 6) is 0.320. The molecule has 15 heavy (non-hydrogen) atoms. The van der Waals surface area contributed by atoms with Gasteiger partial charge < -0.3 is 11.1 Å². The van der Waals surface area contributed by atoms with E-state index < -0.39 is 5.54 Å². The molecule has 2 atom stereocenters. The summed E-state index contributed by atoms with van der Waals surface area (Å²) in [4.78, 5) is 11.6. The minimum absolute atomic E-state index is 0.209. The minimum Gasteiger partial charge on any atom is -0.368 e. The van der Waals surface area contributed by atoms with Crippen LogP contribution in [-0.2, 0) is 4.79 Å². The van der Waals surface area contributed by atoms with Crippen LogP contribution >= 0.6 is 0 Å². The van der Waals surface area contributed by atoms with Crippen LogP contribution in [0.5, 0.6) is 0 Å². The van der Waals surface area contributed by atoms with Crippen molar-refractivity contribution in [3.8, 4) is 0 Å². The first kappa shape index (κ1) is 14.4. The fourth-order valence-corrected chi connectivity index (χ4v) is 1.81. The highest BCUT2D eigenvalue weighted by molar-refractivity contribution is 5.84. The zero-order chi connectivity index (χ0) is 11.9. The Morgan fingerprint density at radius 3 is 2.33 bits per heavy atom. The molecule has 0 aromatic carbocycles. The summed E-state index contributed by atoms with van der Waals surface area (Å²) >= 11 is 0. The first-order valence-electron chi connectivity index (χ1n) is 6.07. The summed E-state index contributed by atoms with van der Waals surface area (Å²) in [6.07, 6.45) is 3.72. The lowest BCUT2D eigenvalue weighted by Gasteiger charge is -2.33. The molecule has 0 aliphatic carbocycles. The molecule has 0 radical (unpaired) electrons. The highest BCUT2D eigenvalue weighted by atomic mass is 16.1. The molecule has 0 rings (SSSR count). The molecule has 0 aromatic heterocycles. The second-order valence-electron chi connectivity index (χ2n) is 4.44. The van der Waals surface area contributed by atoms with Gasteiger partial charge in [0.25, 0.3) is 0 Å². The van der Waals surface area contributed by atoms with Crippen molar-refractivity contribution in [1.29, 1.82) is 0 Å². The number of rotatable bonds is 8. The molecular weight excluding hydrogens is 188 g/mol. The zero-order valence-electron chi connectivity index (χ0n) is 10.6. The molecule has 0 aromatic rings. The SMILES string of the molecule is CCCNC(CC)(CC(C)CC)C(N)=O. The Kier molecular flexibility index (Phi) is 6.57. The van der Waals surface area contributed by atoms with Gasteiger partial charge in [0.05, 0.1) is 5.54 Å². The van der Waals surface area contributed by atoms with Gasteiger partial charge in [-0.15, -0.1) is 0 Å². The van der Waals surface area contributed by atoms with Crippen LogP contribution in [0.15, 0.2) is 0 Å². The average molecular weight is 214 g/mol. The number of nitrogens with one attached hydrogen (secondary N) is 1. The van der Waals surface area contributed by atoms with E-state index in [2.05, 4.69) is 26.1 Å². The molecule has 90 valence electrons. The van der Waals surface area contributed by atoms with Crippen molar-refractivity contribution in [3.63, 3.8) is 0 Å². The predicted molar refractivity (Wildman–Crippen MR) is 64.6 cm³/mol. The lowest BCUT2D eigenvalue weighted by molar-refractivity contribution is -0.125. The third kappa shape index (κ3) is 4.20. The summed E-state index contributed by atoms with van der Waals surface area (Å²) in [7, 11) is 0. The molecule has 0 heterocycles. The largest absolute Gasteiger partial charge is 0.368 e. The lowest BCUT2D eigenvalue weighted by atomic mass is 9.84. The second kappa shape index (κ2) is 6.83. The number of amides is 1. The number of carbonyl (C=O) groups excluding carboxylic acids is 1. The van der Waals surface area contributed by atoms with Crippen LogP contribution in [0.3, 0.4) is 0 Å². The standard InChI is InChI=1S/C12H26N2O/c1-5-8-14-12(7-3,11(13)15)9-10(4)6-2/h10,14H,5-9H2,1-4H3,(H2,13,15). The van der Waals surface area contributed by atoms with Gasteiger partial charge in [0.15, 0.2) is 0 Å². The Balaban J connectivity index is 4.57. The van der Waals surface area contributed by atoms with Gasteiger partial charge in [-0.05, 0) is 31.7 Å². The molecule has 0 aliphatic heterocycles. The number of hydrogen-bond acceptors (Lipinski definition) is 2. The van der Waals surface area contributed by atoms with E-state index in [0.717, 1.165) is 32.2 Å². The van der Waals surface area contributed by atoms with Gasteiger partial charge in [-0.25, -0.2) is 0 Å². The molecule has 0 saturated carbocycles. The number of nitrogens with two attached hydrogens (primary N) is 1. The van der Waals surface area contributed by atoms with Crippen molar-refractivity contribution < 1.29 is 4.79 Å². The topological polar surface area (TPSA) is 55.1 Å². The Morgan fingerprint density at radius 1 is 1.40 bits per heavy atom. The molecule has 0 saturated heterocycles. The fraction of sp³-hybridized carbons (Fsp3) is 0.917. The molecule has 1 amide bonds. The van der Waals surface area contributed by atoms with Gasteiger partial charge in [0.1, 0.15) is 0 Å².